The summed E-state index contributed by atoms with van der Waals surface area (Å²) in [5.74, 6) is 0.820. The highest BCUT2D eigenvalue weighted by atomic mass is 19.1. The van der Waals surface area contributed by atoms with E-state index in [0.29, 0.717) is 45.8 Å². The molecule has 1 aromatic carbocycles. The topological polar surface area (TPSA) is 152 Å². The third-order valence-electron chi connectivity index (χ3n) is 5.12. The number of H-pyrrole nitrogens is 1. The molecule has 0 aliphatic carbocycles. The van der Waals surface area contributed by atoms with Gasteiger partial charge < -0.3 is 16.4 Å². The fourth-order valence-electron chi connectivity index (χ4n) is 3.59. The first-order valence-corrected chi connectivity index (χ1v) is 10.2. The number of aromatic nitrogens is 7. The van der Waals surface area contributed by atoms with Gasteiger partial charge in [-0.05, 0) is 42.3 Å². The number of nitrogen functional groups attached to an aromatic ring is 1. The minimum Gasteiger partial charge on any atom is -0.368 e. The average Bonchev–Trinajstić information content (AvgIpc) is 3.45. The van der Waals surface area contributed by atoms with Gasteiger partial charge in [0.15, 0.2) is 11.6 Å². The number of carbonyl (C=O) groups excluding carboxylic acids is 1. The number of fused-ring (bicyclic) bond motifs is 1. The Hall–Kier alpha value is -4.87. The lowest BCUT2D eigenvalue weighted by atomic mass is 10.0. The lowest BCUT2D eigenvalue weighted by Gasteiger charge is -2.09. The van der Waals surface area contributed by atoms with Crippen molar-refractivity contribution in [2.24, 2.45) is 0 Å². The molecule has 4 heterocycles. The Kier molecular flexibility index (Phi) is 5.09. The summed E-state index contributed by atoms with van der Waals surface area (Å²) in [6.07, 6.45) is 3.40. The molecule has 0 saturated carbocycles. The van der Waals surface area contributed by atoms with E-state index >= 15 is 0 Å². The Bertz CT molecular complexity index is 1510. The smallest absolute Gasteiger partial charge is 0.253 e. The molecule has 0 spiro atoms. The van der Waals surface area contributed by atoms with Crippen LogP contribution in [0.2, 0.25) is 0 Å². The maximum Gasteiger partial charge on any atom is 0.253 e. The average molecular weight is 458 g/mol. The summed E-state index contributed by atoms with van der Waals surface area (Å²) >= 11 is 0. The van der Waals surface area contributed by atoms with E-state index < -0.39 is 11.7 Å². The predicted octanol–water partition coefficient (Wildman–Crippen LogP) is 2.71. The molecule has 0 bridgehead atoms. The normalized spacial score (nSPS) is 11.0. The Morgan fingerprint density at radius 1 is 1.09 bits per heavy atom. The number of nitrogens with one attached hydrogen (secondary N) is 3. The highest BCUT2D eigenvalue weighted by Gasteiger charge is 2.20. The minimum absolute atomic E-state index is 0.0298. The highest BCUT2D eigenvalue weighted by molar-refractivity contribution is 5.94. The van der Waals surface area contributed by atoms with Crippen LogP contribution in [0.25, 0.3) is 28.3 Å². The number of halogens is 1. The zero-order valence-electron chi connectivity index (χ0n) is 18.2. The van der Waals surface area contributed by atoms with Crippen molar-refractivity contribution < 1.29 is 9.18 Å². The van der Waals surface area contributed by atoms with E-state index in [1.54, 1.807) is 41.9 Å². The molecule has 1 amide bonds. The van der Waals surface area contributed by atoms with Gasteiger partial charge >= 0.3 is 0 Å². The zero-order valence-corrected chi connectivity index (χ0v) is 18.2. The second-order valence-electron chi connectivity index (χ2n) is 7.39. The molecular formula is C22H19FN10O. The standard InChI is InChI=1S/C22H19FN10O/c1-11-27-19(31-22(24)28-11)18-20(29-16-7-8-26-32-16)30-17-6-4-13(10-33(17)18)12-3-5-14(15(23)9-12)21(34)25-2/h3-10H,1-2H3,(H,25,34)(H2,26,29,32)(H2,24,27,28,31). The maximum absolute atomic E-state index is 14.6. The van der Waals surface area contributed by atoms with E-state index in [1.807, 2.05) is 6.07 Å². The van der Waals surface area contributed by atoms with Gasteiger partial charge in [0.1, 0.15) is 28.8 Å². The number of anilines is 3. The predicted molar refractivity (Wildman–Crippen MR) is 124 cm³/mol. The summed E-state index contributed by atoms with van der Waals surface area (Å²) in [6, 6.07) is 9.80. The number of imidazole rings is 1. The number of benzene rings is 1. The molecule has 0 unspecified atom stereocenters. The molecular weight excluding hydrogens is 439 g/mol. The molecule has 34 heavy (non-hydrogen) atoms. The van der Waals surface area contributed by atoms with Crippen LogP contribution in [0.5, 0.6) is 0 Å². The van der Waals surface area contributed by atoms with E-state index in [2.05, 4.69) is 40.8 Å². The van der Waals surface area contributed by atoms with Crippen molar-refractivity contribution >= 4 is 29.1 Å². The van der Waals surface area contributed by atoms with Crippen molar-refractivity contribution in [3.8, 4) is 22.6 Å². The number of nitrogens with zero attached hydrogens (tertiary/aromatic N) is 6. The molecule has 11 nitrogen and oxygen atoms in total. The molecule has 12 heteroatoms. The first-order valence-electron chi connectivity index (χ1n) is 10.2. The van der Waals surface area contributed by atoms with Crippen LogP contribution in [0.1, 0.15) is 16.2 Å². The van der Waals surface area contributed by atoms with Gasteiger partial charge in [-0.1, -0.05) is 6.07 Å². The molecule has 4 aromatic heterocycles. The molecule has 0 fully saturated rings. The van der Waals surface area contributed by atoms with Crippen LogP contribution >= 0.6 is 0 Å². The lowest BCUT2D eigenvalue weighted by Crippen LogP contribution is -2.19. The molecule has 5 rings (SSSR count). The lowest BCUT2D eigenvalue weighted by molar-refractivity contribution is 0.0959. The Labute approximate surface area is 192 Å². The van der Waals surface area contributed by atoms with E-state index in [4.69, 9.17) is 5.73 Å². The summed E-state index contributed by atoms with van der Waals surface area (Å²) < 4.78 is 16.4. The van der Waals surface area contributed by atoms with Gasteiger partial charge in [-0.25, -0.2) is 14.4 Å². The molecule has 170 valence electrons. The summed E-state index contributed by atoms with van der Waals surface area (Å²) in [4.78, 5) is 29.3. The fraction of sp³-hybridized carbons (Fsp3) is 0.0909. The van der Waals surface area contributed by atoms with Gasteiger partial charge in [0, 0.05) is 19.3 Å². The number of nitrogens with two attached hydrogens (primary N) is 1. The number of aromatic amines is 1. The Morgan fingerprint density at radius 2 is 1.91 bits per heavy atom. The van der Waals surface area contributed by atoms with Crippen LogP contribution in [0.4, 0.5) is 22.0 Å². The van der Waals surface area contributed by atoms with Crippen LogP contribution in [-0.4, -0.2) is 47.5 Å². The van der Waals surface area contributed by atoms with Crippen molar-refractivity contribution in [2.75, 3.05) is 18.1 Å². The quantitative estimate of drug-likeness (QED) is 0.314. The van der Waals surface area contributed by atoms with Gasteiger partial charge in [-0.2, -0.15) is 15.1 Å². The number of hydrogen-bond donors (Lipinski definition) is 4. The third kappa shape index (κ3) is 3.77. The van der Waals surface area contributed by atoms with Gasteiger partial charge in [-0.3, -0.25) is 14.3 Å². The third-order valence-corrected chi connectivity index (χ3v) is 5.12. The number of amides is 1. The molecule has 0 atom stereocenters. The van der Waals surface area contributed by atoms with Crippen molar-refractivity contribution in [3.63, 3.8) is 0 Å². The minimum atomic E-state index is -0.620. The summed E-state index contributed by atoms with van der Waals surface area (Å²) in [5.41, 5.74) is 8.26. The van der Waals surface area contributed by atoms with Crippen LogP contribution < -0.4 is 16.4 Å². The molecule has 5 aromatic rings. The van der Waals surface area contributed by atoms with Crippen molar-refractivity contribution in [1.29, 1.82) is 0 Å². The van der Waals surface area contributed by atoms with Gasteiger partial charge in [-0.15, -0.1) is 0 Å². The SMILES string of the molecule is CNC(=O)c1ccc(-c2ccc3nc(Nc4ccn[nH]4)c(-c4nc(C)nc(N)n4)n3c2)cc1F. The van der Waals surface area contributed by atoms with Crippen LogP contribution in [0.15, 0.2) is 48.8 Å². The number of pyridine rings is 1. The number of carbonyl (C=O) groups is 1. The first kappa shape index (κ1) is 21.0. The highest BCUT2D eigenvalue weighted by Crippen LogP contribution is 2.31. The molecule has 0 aliphatic rings. The molecule has 5 N–H and O–H groups in total. The maximum atomic E-state index is 14.6. The van der Waals surface area contributed by atoms with E-state index in [9.17, 15) is 9.18 Å². The Balaban J connectivity index is 1.68. The van der Waals surface area contributed by atoms with Crippen LogP contribution in [0.3, 0.4) is 0 Å². The molecule has 0 radical (unpaired) electrons. The zero-order chi connectivity index (χ0) is 23.8. The summed E-state index contributed by atoms with van der Waals surface area (Å²) in [7, 11) is 1.45. The van der Waals surface area contributed by atoms with Gasteiger partial charge in [0.2, 0.25) is 5.95 Å². The largest absolute Gasteiger partial charge is 0.368 e. The second-order valence-corrected chi connectivity index (χ2v) is 7.39. The van der Waals surface area contributed by atoms with Gasteiger partial charge in [0.25, 0.3) is 5.91 Å². The van der Waals surface area contributed by atoms with Crippen molar-refractivity contribution in [2.45, 2.75) is 6.92 Å². The fourth-order valence-corrected chi connectivity index (χ4v) is 3.59. The number of aryl methyl sites for hydroxylation is 1. The van der Waals surface area contributed by atoms with Crippen LogP contribution in [0, 0.1) is 12.7 Å². The van der Waals surface area contributed by atoms with E-state index in [1.165, 1.54) is 19.2 Å². The van der Waals surface area contributed by atoms with E-state index in [-0.39, 0.29) is 11.5 Å². The summed E-state index contributed by atoms with van der Waals surface area (Å²) in [6.45, 7) is 1.72. The number of hydrogen-bond acceptors (Lipinski definition) is 8. The first-order chi connectivity index (χ1) is 16.4. The van der Waals surface area contributed by atoms with E-state index in [0.717, 1.165) is 0 Å². The Morgan fingerprint density at radius 3 is 2.62 bits per heavy atom. The van der Waals surface area contributed by atoms with Crippen molar-refractivity contribution in [3.05, 3.63) is 66.0 Å². The van der Waals surface area contributed by atoms with Crippen molar-refractivity contribution in [1.82, 2.24) is 39.9 Å². The molecule has 0 saturated heterocycles. The molecule has 0 aliphatic heterocycles. The second kappa shape index (κ2) is 8.24. The van der Waals surface area contributed by atoms with Gasteiger partial charge in [0.05, 0.1) is 11.8 Å². The van der Waals surface area contributed by atoms with Crippen LogP contribution in [-0.2, 0) is 0 Å². The monoisotopic (exact) mass is 458 g/mol. The number of rotatable bonds is 5. The summed E-state index contributed by atoms with van der Waals surface area (Å²) in [5, 5.41) is 12.4.